The Hall–Kier alpha value is -2.46. The highest BCUT2D eigenvalue weighted by atomic mass is 35.5. The number of nitro benzene ring substituents is 1. The Balaban J connectivity index is 2.26. The fourth-order valence-corrected chi connectivity index (χ4v) is 3.00. The van der Waals surface area contributed by atoms with Gasteiger partial charge in [-0.2, -0.15) is 13.2 Å². The Bertz CT molecular complexity index is 876. The minimum atomic E-state index is -4.55. The third-order valence-electron chi connectivity index (χ3n) is 3.22. The molecule has 6 nitrogen and oxygen atoms in total. The van der Waals surface area contributed by atoms with E-state index in [1.54, 1.807) is 0 Å². The molecule has 0 heterocycles. The van der Waals surface area contributed by atoms with E-state index in [1.165, 1.54) is 18.2 Å². The zero-order chi connectivity index (χ0) is 20.2. The number of benzene rings is 2. The van der Waals surface area contributed by atoms with Crippen LogP contribution in [0.5, 0.6) is 11.5 Å². The van der Waals surface area contributed by atoms with Crippen LogP contribution >= 0.6 is 23.4 Å². The van der Waals surface area contributed by atoms with E-state index in [0.717, 1.165) is 23.9 Å². The van der Waals surface area contributed by atoms with Crippen molar-refractivity contribution in [1.29, 1.82) is 0 Å². The van der Waals surface area contributed by atoms with Gasteiger partial charge in [-0.1, -0.05) is 11.6 Å². The van der Waals surface area contributed by atoms with Gasteiger partial charge in [0.2, 0.25) is 0 Å². The molecule has 0 bridgehead atoms. The maximum Gasteiger partial charge on any atom is 0.416 e. The molecule has 0 saturated carbocycles. The molecule has 0 aliphatic rings. The molecule has 0 spiro atoms. The van der Waals surface area contributed by atoms with E-state index in [2.05, 4.69) is 0 Å². The maximum absolute atomic E-state index is 12.7. The molecule has 2 aromatic rings. The number of nitro groups is 1. The van der Waals surface area contributed by atoms with Crippen molar-refractivity contribution in [1.82, 2.24) is 0 Å². The average molecular weight is 422 g/mol. The van der Waals surface area contributed by atoms with Gasteiger partial charge in [-0.3, -0.25) is 14.9 Å². The van der Waals surface area contributed by atoms with Crippen LogP contribution in [-0.4, -0.2) is 21.8 Å². The predicted molar refractivity (Wildman–Crippen MR) is 93.4 cm³/mol. The normalized spacial score (nSPS) is 11.3. The van der Waals surface area contributed by atoms with E-state index in [0.29, 0.717) is 6.07 Å². The van der Waals surface area contributed by atoms with Crippen LogP contribution in [0, 0.1) is 10.1 Å². The second kappa shape index (κ2) is 8.49. The summed E-state index contributed by atoms with van der Waals surface area (Å²) in [5.41, 5.74) is -0.945. The lowest BCUT2D eigenvalue weighted by atomic mass is 10.2. The van der Waals surface area contributed by atoms with Gasteiger partial charge >= 0.3 is 12.1 Å². The molecular weight excluding hydrogens is 411 g/mol. The van der Waals surface area contributed by atoms with Crippen molar-refractivity contribution >= 4 is 35.0 Å². The number of ether oxygens (including phenoxy) is 1. The van der Waals surface area contributed by atoms with Crippen molar-refractivity contribution in [2.24, 2.45) is 0 Å². The molecule has 0 unspecified atom stereocenters. The van der Waals surface area contributed by atoms with E-state index in [4.69, 9.17) is 21.4 Å². The Labute approximate surface area is 160 Å². The molecule has 1 N–H and O–H groups in total. The van der Waals surface area contributed by atoms with Crippen LogP contribution in [0.3, 0.4) is 0 Å². The van der Waals surface area contributed by atoms with Gasteiger partial charge in [0.05, 0.1) is 21.3 Å². The van der Waals surface area contributed by atoms with Gasteiger partial charge in [-0.05, 0) is 30.3 Å². The van der Waals surface area contributed by atoms with Gasteiger partial charge in [0.1, 0.15) is 11.5 Å². The Morgan fingerprint density at radius 2 is 1.96 bits per heavy atom. The number of alkyl halides is 3. The molecule has 0 aromatic heterocycles. The number of carboxylic acids is 1. The lowest BCUT2D eigenvalue weighted by Crippen LogP contribution is -2.04. The number of rotatable bonds is 7. The Morgan fingerprint density at radius 1 is 1.26 bits per heavy atom. The lowest BCUT2D eigenvalue weighted by Gasteiger charge is -2.12. The monoisotopic (exact) mass is 421 g/mol. The summed E-state index contributed by atoms with van der Waals surface area (Å²) in [6.45, 7) is 0. The molecule has 11 heteroatoms. The molecular formula is C16H11ClF3NO5S. The summed E-state index contributed by atoms with van der Waals surface area (Å²) in [4.78, 5) is 21.0. The van der Waals surface area contributed by atoms with Crippen molar-refractivity contribution in [3.8, 4) is 11.5 Å². The molecule has 144 valence electrons. The number of aliphatic carboxylic acids is 1. The zero-order valence-corrected chi connectivity index (χ0v) is 14.9. The second-order valence-corrected chi connectivity index (χ2v) is 6.57. The van der Waals surface area contributed by atoms with Crippen molar-refractivity contribution in [3.05, 3.63) is 62.7 Å². The number of halogens is 4. The molecule has 0 aliphatic heterocycles. The number of hydrogen-bond donors (Lipinski definition) is 1. The van der Waals surface area contributed by atoms with Gasteiger partial charge in [0, 0.05) is 17.4 Å². The first-order valence-corrected chi connectivity index (χ1v) is 8.72. The standard InChI is InChI=1S/C16H11ClF3NO5S/c17-12-6-10(16(18,19)20)1-4-14(12)26-11-2-3-13(21(24)25)9(5-11)7-27-8-15(22)23/h1-6H,7-8H2,(H,22,23). The van der Waals surface area contributed by atoms with Gasteiger partial charge in [0.25, 0.3) is 5.69 Å². The lowest BCUT2D eigenvalue weighted by molar-refractivity contribution is -0.385. The number of thioether (sulfide) groups is 1. The topological polar surface area (TPSA) is 89.7 Å². The van der Waals surface area contributed by atoms with Gasteiger partial charge in [-0.25, -0.2) is 0 Å². The second-order valence-electron chi connectivity index (χ2n) is 5.18. The van der Waals surface area contributed by atoms with E-state index < -0.39 is 22.6 Å². The largest absolute Gasteiger partial charge is 0.481 e. The van der Waals surface area contributed by atoms with Crippen LogP contribution in [0.1, 0.15) is 11.1 Å². The number of nitrogens with zero attached hydrogens (tertiary/aromatic N) is 1. The van der Waals surface area contributed by atoms with Gasteiger partial charge in [0.15, 0.2) is 0 Å². The van der Waals surface area contributed by atoms with Crippen LogP contribution in [0.2, 0.25) is 5.02 Å². The fourth-order valence-electron chi connectivity index (χ4n) is 2.05. The van der Waals surface area contributed by atoms with Gasteiger partial charge in [-0.15, -0.1) is 11.8 Å². The predicted octanol–water partition coefficient (Wildman–Crippen LogP) is 5.38. The number of carboxylic acid groups (broad SMARTS) is 1. The summed E-state index contributed by atoms with van der Waals surface area (Å²) in [7, 11) is 0. The van der Waals surface area contributed by atoms with Crippen LogP contribution in [0.25, 0.3) is 0 Å². The van der Waals surface area contributed by atoms with Crippen molar-refractivity contribution in [2.45, 2.75) is 11.9 Å². The molecule has 0 atom stereocenters. The third kappa shape index (κ3) is 5.76. The molecule has 2 rings (SSSR count). The molecule has 27 heavy (non-hydrogen) atoms. The summed E-state index contributed by atoms with van der Waals surface area (Å²) in [5, 5.41) is 19.5. The smallest absolute Gasteiger partial charge is 0.416 e. The SMILES string of the molecule is O=C(O)CSCc1cc(Oc2ccc(C(F)(F)F)cc2Cl)ccc1[N+](=O)[O-]. The highest BCUT2D eigenvalue weighted by Gasteiger charge is 2.31. The van der Waals surface area contributed by atoms with Crippen LogP contribution < -0.4 is 4.74 Å². The van der Waals surface area contributed by atoms with Crippen molar-refractivity contribution in [3.63, 3.8) is 0 Å². The highest BCUT2D eigenvalue weighted by Crippen LogP contribution is 2.37. The summed E-state index contributed by atoms with van der Waals surface area (Å²) in [5.74, 6) is -1.20. The minimum Gasteiger partial charge on any atom is -0.481 e. The third-order valence-corrected chi connectivity index (χ3v) is 4.48. The Morgan fingerprint density at radius 3 is 2.52 bits per heavy atom. The van der Waals surface area contributed by atoms with Crippen molar-refractivity contribution < 1.29 is 32.7 Å². The van der Waals surface area contributed by atoms with E-state index in [9.17, 15) is 28.1 Å². The molecule has 0 saturated heterocycles. The van der Waals surface area contributed by atoms with Crippen molar-refractivity contribution in [2.75, 3.05) is 5.75 Å². The quantitative estimate of drug-likeness (QED) is 0.477. The summed E-state index contributed by atoms with van der Waals surface area (Å²) in [6.07, 6.45) is -4.55. The first kappa shape index (κ1) is 20.8. The van der Waals surface area contributed by atoms with Crippen LogP contribution in [0.4, 0.5) is 18.9 Å². The van der Waals surface area contributed by atoms with Gasteiger partial charge < -0.3 is 9.84 Å². The van der Waals surface area contributed by atoms with E-state index >= 15 is 0 Å². The molecule has 0 radical (unpaired) electrons. The highest BCUT2D eigenvalue weighted by molar-refractivity contribution is 7.99. The summed E-state index contributed by atoms with van der Waals surface area (Å²) < 4.78 is 43.4. The Kier molecular flexibility index (Phi) is 6.55. The van der Waals surface area contributed by atoms with E-state index in [1.807, 2.05) is 0 Å². The molecule has 0 fully saturated rings. The minimum absolute atomic E-state index is 0.0422. The summed E-state index contributed by atoms with van der Waals surface area (Å²) >= 11 is 6.78. The maximum atomic E-state index is 12.7. The zero-order valence-electron chi connectivity index (χ0n) is 13.3. The average Bonchev–Trinajstić information content (AvgIpc) is 2.55. The number of hydrogen-bond acceptors (Lipinski definition) is 5. The van der Waals surface area contributed by atoms with Crippen LogP contribution in [0.15, 0.2) is 36.4 Å². The first-order chi connectivity index (χ1) is 12.6. The molecule has 0 amide bonds. The molecule has 0 aliphatic carbocycles. The van der Waals surface area contributed by atoms with Crippen LogP contribution in [-0.2, 0) is 16.7 Å². The summed E-state index contributed by atoms with van der Waals surface area (Å²) in [6, 6.07) is 6.33. The number of carbonyl (C=O) groups is 1. The molecule has 2 aromatic carbocycles. The first-order valence-electron chi connectivity index (χ1n) is 7.19. The van der Waals surface area contributed by atoms with E-state index in [-0.39, 0.29) is 39.3 Å². The fraction of sp³-hybridized carbons (Fsp3) is 0.188.